The smallest absolute Gasteiger partial charge is 0.247 e. The number of nitrogens with zero attached hydrogens (tertiary/aromatic N) is 3. The third-order valence-corrected chi connectivity index (χ3v) is 4.48. The van der Waals surface area contributed by atoms with Gasteiger partial charge in [-0.25, -0.2) is 0 Å². The molecule has 0 unspecified atom stereocenters. The Morgan fingerprint density at radius 1 is 1.18 bits per heavy atom. The highest BCUT2D eigenvalue weighted by Gasteiger charge is 2.11. The van der Waals surface area contributed by atoms with E-state index in [1.165, 1.54) is 0 Å². The predicted octanol–water partition coefficient (Wildman–Crippen LogP) is 3.32. The minimum Gasteiger partial charge on any atom is -0.497 e. The lowest BCUT2D eigenvalue weighted by Gasteiger charge is -2.09. The third kappa shape index (κ3) is 3.73. The van der Waals surface area contributed by atoms with Crippen LogP contribution in [-0.4, -0.2) is 27.8 Å². The lowest BCUT2D eigenvalue weighted by molar-refractivity contribution is -0.121. The van der Waals surface area contributed by atoms with Crippen molar-refractivity contribution in [3.05, 3.63) is 66.2 Å². The highest BCUT2D eigenvalue weighted by Crippen LogP contribution is 2.24. The number of fused-ring (bicyclic) bond motifs is 1. The van der Waals surface area contributed by atoms with E-state index in [9.17, 15) is 4.79 Å². The summed E-state index contributed by atoms with van der Waals surface area (Å²) in [5.74, 6) is 1.68. The lowest BCUT2D eigenvalue weighted by atomic mass is 10.1. The summed E-state index contributed by atoms with van der Waals surface area (Å²) in [6.07, 6.45) is 1.90. The summed E-state index contributed by atoms with van der Waals surface area (Å²) in [6.45, 7) is 2.42. The number of rotatable bonds is 6. The van der Waals surface area contributed by atoms with Gasteiger partial charge in [0, 0.05) is 30.7 Å². The molecule has 142 valence electrons. The van der Waals surface area contributed by atoms with E-state index < -0.39 is 0 Å². The van der Waals surface area contributed by atoms with Gasteiger partial charge in [-0.2, -0.15) is 0 Å². The summed E-state index contributed by atoms with van der Waals surface area (Å²) in [5.41, 5.74) is 2.74. The first-order valence-corrected chi connectivity index (χ1v) is 8.91. The second kappa shape index (κ2) is 7.56. The first-order chi connectivity index (χ1) is 13.6. The van der Waals surface area contributed by atoms with Crippen molar-refractivity contribution in [3.63, 3.8) is 0 Å². The normalized spacial score (nSPS) is 10.9. The van der Waals surface area contributed by atoms with Gasteiger partial charge in [-0.05, 0) is 41.3 Å². The number of aryl methyl sites for hydroxylation is 1. The minimum absolute atomic E-state index is 0.0700. The Bertz CT molecular complexity index is 1130. The van der Waals surface area contributed by atoms with Crippen molar-refractivity contribution >= 4 is 16.8 Å². The molecule has 0 aliphatic carbocycles. The molecule has 2 aromatic carbocycles. The topological polar surface area (TPSA) is 82.2 Å². The number of amides is 1. The zero-order chi connectivity index (χ0) is 19.5. The van der Waals surface area contributed by atoms with Gasteiger partial charge in [0.15, 0.2) is 0 Å². The first kappa shape index (κ1) is 17.8. The number of carbonyl (C=O) groups excluding carboxylic acids is 1. The first-order valence-electron chi connectivity index (χ1n) is 8.91. The summed E-state index contributed by atoms with van der Waals surface area (Å²) >= 11 is 0. The van der Waals surface area contributed by atoms with Crippen LogP contribution in [0.1, 0.15) is 11.5 Å². The zero-order valence-electron chi connectivity index (χ0n) is 15.7. The van der Waals surface area contributed by atoms with Gasteiger partial charge in [-0.15, -0.1) is 10.2 Å². The van der Waals surface area contributed by atoms with Gasteiger partial charge in [0.05, 0.1) is 7.11 Å². The molecule has 0 aliphatic rings. The fourth-order valence-corrected chi connectivity index (χ4v) is 3.06. The van der Waals surface area contributed by atoms with Crippen LogP contribution in [0.3, 0.4) is 0 Å². The van der Waals surface area contributed by atoms with Crippen molar-refractivity contribution in [2.24, 2.45) is 0 Å². The third-order valence-electron chi connectivity index (χ3n) is 4.48. The average molecular weight is 376 g/mol. The van der Waals surface area contributed by atoms with E-state index in [1.807, 2.05) is 59.3 Å². The summed E-state index contributed by atoms with van der Waals surface area (Å²) in [6, 6.07) is 15.5. The number of benzene rings is 2. The monoisotopic (exact) mass is 376 g/mol. The highest BCUT2D eigenvalue weighted by atomic mass is 16.5. The molecule has 0 radical (unpaired) electrons. The maximum absolute atomic E-state index is 12.4. The van der Waals surface area contributed by atoms with Gasteiger partial charge >= 0.3 is 0 Å². The van der Waals surface area contributed by atoms with Gasteiger partial charge in [0.25, 0.3) is 0 Å². The highest BCUT2D eigenvalue weighted by molar-refractivity contribution is 5.86. The molecular weight excluding hydrogens is 356 g/mol. The van der Waals surface area contributed by atoms with Crippen molar-refractivity contribution < 1.29 is 13.9 Å². The van der Waals surface area contributed by atoms with E-state index in [2.05, 4.69) is 15.5 Å². The van der Waals surface area contributed by atoms with Crippen LogP contribution in [0.4, 0.5) is 0 Å². The molecule has 0 atom stereocenters. The molecule has 1 N–H and O–H groups in total. The Morgan fingerprint density at radius 3 is 2.86 bits per heavy atom. The Morgan fingerprint density at radius 2 is 2.07 bits per heavy atom. The molecule has 0 aliphatic heterocycles. The number of carbonyl (C=O) groups is 1. The fourth-order valence-electron chi connectivity index (χ4n) is 3.06. The summed E-state index contributed by atoms with van der Waals surface area (Å²) in [5, 5.41) is 11.9. The number of nitrogens with one attached hydrogen (secondary N) is 1. The molecule has 4 aromatic rings. The SMILES string of the molecule is COc1cccc(CNC(=O)Cn2ccc3ccc(-c4nnc(C)o4)cc32)c1. The van der Waals surface area contributed by atoms with E-state index in [1.54, 1.807) is 14.0 Å². The number of hydrogen-bond acceptors (Lipinski definition) is 5. The summed E-state index contributed by atoms with van der Waals surface area (Å²) in [4.78, 5) is 12.4. The van der Waals surface area contributed by atoms with Gasteiger partial charge in [-0.1, -0.05) is 18.2 Å². The van der Waals surface area contributed by atoms with Crippen molar-refractivity contribution in [3.8, 4) is 17.2 Å². The van der Waals surface area contributed by atoms with Crippen LogP contribution in [-0.2, 0) is 17.9 Å². The van der Waals surface area contributed by atoms with E-state index in [4.69, 9.17) is 9.15 Å². The molecule has 0 saturated carbocycles. The standard InChI is InChI=1S/C21H20N4O3/c1-14-23-24-21(28-14)17-7-6-16-8-9-25(19(16)11-17)13-20(26)22-12-15-4-3-5-18(10-15)27-2/h3-11H,12-13H2,1-2H3,(H,22,26). The molecule has 2 aromatic heterocycles. The van der Waals surface area contributed by atoms with Crippen LogP contribution in [0.15, 0.2) is 59.1 Å². The van der Waals surface area contributed by atoms with Crippen LogP contribution < -0.4 is 10.1 Å². The number of methoxy groups -OCH3 is 1. The van der Waals surface area contributed by atoms with Crippen LogP contribution in [0.5, 0.6) is 5.75 Å². The van der Waals surface area contributed by atoms with Crippen molar-refractivity contribution in [1.29, 1.82) is 0 Å². The van der Waals surface area contributed by atoms with E-state index in [-0.39, 0.29) is 12.5 Å². The van der Waals surface area contributed by atoms with Crippen molar-refractivity contribution in [2.75, 3.05) is 7.11 Å². The molecule has 2 heterocycles. The largest absolute Gasteiger partial charge is 0.497 e. The Labute approximate surface area is 161 Å². The molecule has 28 heavy (non-hydrogen) atoms. The molecule has 4 rings (SSSR count). The molecule has 0 saturated heterocycles. The summed E-state index contributed by atoms with van der Waals surface area (Å²) < 4.78 is 12.6. The molecule has 0 spiro atoms. The number of aromatic nitrogens is 3. The average Bonchev–Trinajstić information content (AvgIpc) is 3.32. The number of hydrogen-bond donors (Lipinski definition) is 1. The van der Waals surface area contributed by atoms with E-state index in [0.29, 0.717) is 18.3 Å². The van der Waals surface area contributed by atoms with E-state index >= 15 is 0 Å². The van der Waals surface area contributed by atoms with Gasteiger partial charge in [-0.3, -0.25) is 4.79 Å². The summed E-state index contributed by atoms with van der Waals surface area (Å²) in [7, 11) is 1.62. The number of ether oxygens (including phenoxy) is 1. The minimum atomic E-state index is -0.0700. The molecule has 7 heteroatoms. The maximum Gasteiger partial charge on any atom is 0.247 e. The second-order valence-electron chi connectivity index (χ2n) is 6.47. The van der Waals surface area contributed by atoms with Gasteiger partial charge in [0.1, 0.15) is 12.3 Å². The molecule has 1 amide bonds. The van der Waals surface area contributed by atoms with Crippen molar-refractivity contribution in [1.82, 2.24) is 20.1 Å². The van der Waals surface area contributed by atoms with Crippen LogP contribution >= 0.6 is 0 Å². The molecule has 0 fully saturated rings. The van der Waals surface area contributed by atoms with Crippen LogP contribution in [0.2, 0.25) is 0 Å². The zero-order valence-corrected chi connectivity index (χ0v) is 15.7. The Balaban J connectivity index is 1.48. The quantitative estimate of drug-likeness (QED) is 0.558. The Hall–Kier alpha value is -3.61. The van der Waals surface area contributed by atoms with Crippen LogP contribution in [0, 0.1) is 6.92 Å². The molecular formula is C21H20N4O3. The second-order valence-corrected chi connectivity index (χ2v) is 6.47. The van der Waals surface area contributed by atoms with E-state index in [0.717, 1.165) is 27.8 Å². The fraction of sp³-hybridized carbons (Fsp3) is 0.190. The lowest BCUT2D eigenvalue weighted by Crippen LogP contribution is -2.26. The molecule has 7 nitrogen and oxygen atoms in total. The predicted molar refractivity (Wildman–Crippen MR) is 105 cm³/mol. The van der Waals surface area contributed by atoms with Gasteiger partial charge in [0.2, 0.25) is 17.7 Å². The Kier molecular flexibility index (Phi) is 4.80. The molecule has 0 bridgehead atoms. The van der Waals surface area contributed by atoms with Gasteiger partial charge < -0.3 is 19.0 Å². The maximum atomic E-state index is 12.4. The van der Waals surface area contributed by atoms with Crippen molar-refractivity contribution in [2.45, 2.75) is 20.0 Å². The van der Waals surface area contributed by atoms with Crippen LogP contribution in [0.25, 0.3) is 22.4 Å².